The molecule has 2 rings (SSSR count). The number of pyridine rings is 1. The first-order valence-electron chi connectivity index (χ1n) is 6.54. The van der Waals surface area contributed by atoms with Crippen molar-refractivity contribution in [2.45, 2.75) is 11.8 Å². The second kappa shape index (κ2) is 6.23. The van der Waals surface area contributed by atoms with Gasteiger partial charge in [0.15, 0.2) is 11.5 Å². The molecule has 0 aliphatic rings. The number of nitrogens with zero attached hydrogens (tertiary/aromatic N) is 2. The standard InChI is InChI=1S/C15H18N2O4S/c1-11-8-9-16-10-12(11)17(2)22(18,19)14-7-5-6-13(20-3)15(14)21-4/h5-10H,1-4H3. The van der Waals surface area contributed by atoms with Crippen molar-refractivity contribution in [2.24, 2.45) is 0 Å². The Kier molecular flexibility index (Phi) is 4.56. The van der Waals surface area contributed by atoms with E-state index in [-0.39, 0.29) is 10.6 Å². The lowest BCUT2D eigenvalue weighted by atomic mass is 10.2. The molecule has 6 nitrogen and oxygen atoms in total. The lowest BCUT2D eigenvalue weighted by molar-refractivity contribution is 0.347. The first-order chi connectivity index (χ1) is 10.4. The average molecular weight is 322 g/mol. The molecule has 0 bridgehead atoms. The molecule has 0 fully saturated rings. The highest BCUT2D eigenvalue weighted by atomic mass is 32.2. The van der Waals surface area contributed by atoms with Gasteiger partial charge < -0.3 is 9.47 Å². The van der Waals surface area contributed by atoms with E-state index in [0.717, 1.165) is 5.56 Å². The van der Waals surface area contributed by atoms with Gasteiger partial charge in [-0.25, -0.2) is 8.42 Å². The minimum Gasteiger partial charge on any atom is -0.493 e. The van der Waals surface area contributed by atoms with Gasteiger partial charge in [-0.2, -0.15) is 0 Å². The SMILES string of the molecule is COc1cccc(S(=O)(=O)N(C)c2cnccc2C)c1OC. The quantitative estimate of drug-likeness (QED) is 0.844. The molecule has 0 N–H and O–H groups in total. The summed E-state index contributed by atoms with van der Waals surface area (Å²) in [4.78, 5) is 4.03. The van der Waals surface area contributed by atoms with Crippen molar-refractivity contribution in [1.82, 2.24) is 4.98 Å². The van der Waals surface area contributed by atoms with Crippen LogP contribution in [0.5, 0.6) is 11.5 Å². The maximum absolute atomic E-state index is 12.9. The monoisotopic (exact) mass is 322 g/mol. The van der Waals surface area contributed by atoms with E-state index in [0.29, 0.717) is 11.4 Å². The number of anilines is 1. The third-order valence-corrected chi connectivity index (χ3v) is 5.15. The third kappa shape index (κ3) is 2.71. The lowest BCUT2D eigenvalue weighted by Gasteiger charge is -2.22. The molecule has 0 amide bonds. The van der Waals surface area contributed by atoms with Crippen molar-refractivity contribution in [3.63, 3.8) is 0 Å². The van der Waals surface area contributed by atoms with Crippen molar-refractivity contribution in [1.29, 1.82) is 0 Å². The molecule has 118 valence electrons. The molecule has 2 aromatic rings. The minimum atomic E-state index is -3.80. The number of sulfonamides is 1. The highest BCUT2D eigenvalue weighted by Crippen LogP contribution is 2.36. The van der Waals surface area contributed by atoms with E-state index in [4.69, 9.17) is 9.47 Å². The van der Waals surface area contributed by atoms with Crippen LogP contribution in [0.3, 0.4) is 0 Å². The van der Waals surface area contributed by atoms with Crippen molar-refractivity contribution in [3.8, 4) is 11.5 Å². The van der Waals surface area contributed by atoms with Crippen molar-refractivity contribution >= 4 is 15.7 Å². The smallest absolute Gasteiger partial charge is 0.267 e. The summed E-state index contributed by atoms with van der Waals surface area (Å²) in [6.07, 6.45) is 3.13. The van der Waals surface area contributed by atoms with Crippen LogP contribution in [0.4, 0.5) is 5.69 Å². The van der Waals surface area contributed by atoms with Crippen LogP contribution in [0.15, 0.2) is 41.6 Å². The molecule has 1 heterocycles. The zero-order chi connectivity index (χ0) is 16.3. The van der Waals surface area contributed by atoms with Gasteiger partial charge in [0, 0.05) is 13.2 Å². The number of aromatic nitrogens is 1. The van der Waals surface area contributed by atoms with Crippen LogP contribution in [-0.2, 0) is 10.0 Å². The van der Waals surface area contributed by atoms with Crippen LogP contribution in [0.1, 0.15) is 5.56 Å². The second-order valence-corrected chi connectivity index (χ2v) is 6.56. The van der Waals surface area contributed by atoms with Crippen LogP contribution in [0, 0.1) is 6.92 Å². The fourth-order valence-electron chi connectivity index (χ4n) is 2.12. The number of para-hydroxylation sites is 1. The molecule has 22 heavy (non-hydrogen) atoms. The average Bonchev–Trinajstić information content (AvgIpc) is 2.53. The van der Waals surface area contributed by atoms with Gasteiger partial charge in [0.2, 0.25) is 0 Å². The number of rotatable bonds is 5. The predicted molar refractivity (Wildman–Crippen MR) is 84.1 cm³/mol. The molecule has 0 aliphatic heterocycles. The number of hydrogen-bond donors (Lipinski definition) is 0. The number of methoxy groups -OCH3 is 2. The maximum Gasteiger partial charge on any atom is 0.267 e. The highest BCUT2D eigenvalue weighted by Gasteiger charge is 2.28. The Morgan fingerprint density at radius 3 is 2.45 bits per heavy atom. The van der Waals surface area contributed by atoms with E-state index in [9.17, 15) is 8.42 Å². The largest absolute Gasteiger partial charge is 0.493 e. The zero-order valence-corrected chi connectivity index (χ0v) is 13.7. The van der Waals surface area contributed by atoms with E-state index in [1.54, 1.807) is 24.4 Å². The van der Waals surface area contributed by atoms with Gasteiger partial charge in [0.05, 0.1) is 26.1 Å². The number of benzene rings is 1. The van der Waals surface area contributed by atoms with Crippen LogP contribution in [0.2, 0.25) is 0 Å². The van der Waals surface area contributed by atoms with Crippen LogP contribution >= 0.6 is 0 Å². The minimum absolute atomic E-state index is 0.0418. The Bertz CT molecular complexity index is 775. The van der Waals surface area contributed by atoms with Gasteiger partial charge in [0.25, 0.3) is 10.0 Å². The van der Waals surface area contributed by atoms with Crippen LogP contribution in [-0.4, -0.2) is 34.7 Å². The fraction of sp³-hybridized carbons (Fsp3) is 0.267. The van der Waals surface area contributed by atoms with Crippen molar-refractivity contribution in [2.75, 3.05) is 25.6 Å². The summed E-state index contributed by atoms with van der Waals surface area (Å²) >= 11 is 0. The molecule has 0 atom stereocenters. The fourth-order valence-corrected chi connectivity index (χ4v) is 3.54. The maximum atomic E-state index is 12.9. The van der Waals surface area contributed by atoms with E-state index in [2.05, 4.69) is 4.98 Å². The summed E-state index contributed by atoms with van der Waals surface area (Å²) in [6.45, 7) is 1.83. The molecule has 0 spiro atoms. The topological polar surface area (TPSA) is 68.7 Å². The highest BCUT2D eigenvalue weighted by molar-refractivity contribution is 7.93. The Labute approximate surface area is 130 Å². The number of ether oxygens (including phenoxy) is 2. The van der Waals surface area contributed by atoms with E-state index in [1.165, 1.54) is 37.8 Å². The van der Waals surface area contributed by atoms with Gasteiger partial charge in [-0.15, -0.1) is 0 Å². The molecule has 7 heteroatoms. The molecular formula is C15H18N2O4S. The summed E-state index contributed by atoms with van der Waals surface area (Å²) in [5, 5.41) is 0. The molecular weight excluding hydrogens is 304 g/mol. The van der Waals surface area contributed by atoms with Crippen molar-refractivity contribution < 1.29 is 17.9 Å². The normalized spacial score (nSPS) is 11.1. The molecule has 0 radical (unpaired) electrons. The van der Waals surface area contributed by atoms with Gasteiger partial charge >= 0.3 is 0 Å². The summed E-state index contributed by atoms with van der Waals surface area (Å²) in [7, 11) is 0.553. The van der Waals surface area contributed by atoms with Gasteiger partial charge in [-0.3, -0.25) is 9.29 Å². The zero-order valence-electron chi connectivity index (χ0n) is 12.9. The van der Waals surface area contributed by atoms with E-state index >= 15 is 0 Å². The molecule has 0 saturated carbocycles. The Morgan fingerprint density at radius 2 is 1.86 bits per heavy atom. The van der Waals surface area contributed by atoms with E-state index < -0.39 is 10.0 Å². The summed E-state index contributed by atoms with van der Waals surface area (Å²) in [5.41, 5.74) is 1.32. The molecule has 0 aliphatic carbocycles. The van der Waals surface area contributed by atoms with Gasteiger partial charge in [-0.05, 0) is 30.7 Å². The van der Waals surface area contributed by atoms with E-state index in [1.807, 2.05) is 6.92 Å². The third-order valence-electron chi connectivity index (χ3n) is 3.36. The summed E-state index contributed by atoms with van der Waals surface area (Å²) < 4.78 is 37.4. The lowest BCUT2D eigenvalue weighted by Crippen LogP contribution is -2.27. The number of hydrogen-bond acceptors (Lipinski definition) is 5. The molecule has 0 saturated heterocycles. The second-order valence-electron chi connectivity index (χ2n) is 4.63. The Hall–Kier alpha value is -2.28. The Balaban J connectivity index is 2.59. The Morgan fingerprint density at radius 1 is 1.14 bits per heavy atom. The van der Waals surface area contributed by atoms with Crippen LogP contribution < -0.4 is 13.8 Å². The van der Waals surface area contributed by atoms with Crippen LogP contribution in [0.25, 0.3) is 0 Å². The summed E-state index contributed by atoms with van der Waals surface area (Å²) in [5.74, 6) is 0.540. The van der Waals surface area contributed by atoms with Crippen molar-refractivity contribution in [3.05, 3.63) is 42.2 Å². The van der Waals surface area contributed by atoms with Gasteiger partial charge in [-0.1, -0.05) is 6.07 Å². The first-order valence-corrected chi connectivity index (χ1v) is 7.98. The van der Waals surface area contributed by atoms with Gasteiger partial charge in [0.1, 0.15) is 4.90 Å². The molecule has 1 aromatic carbocycles. The number of aryl methyl sites for hydroxylation is 1. The molecule has 1 aromatic heterocycles. The predicted octanol–water partition coefficient (Wildman–Crippen LogP) is 2.23. The summed E-state index contributed by atoms with van der Waals surface area (Å²) in [6, 6.07) is 6.49. The molecule has 0 unspecified atom stereocenters. The first kappa shape index (κ1) is 16.1.